The molecule has 0 aliphatic carbocycles. The van der Waals surface area contributed by atoms with Crippen LogP contribution in [0.1, 0.15) is 45.2 Å². The van der Waals surface area contributed by atoms with Crippen LogP contribution in [0.3, 0.4) is 0 Å². The van der Waals surface area contributed by atoms with Gasteiger partial charge in [0.2, 0.25) is 0 Å². The van der Waals surface area contributed by atoms with E-state index in [4.69, 9.17) is 10.5 Å². The Kier molecular flexibility index (Phi) is 4.42. The lowest BCUT2D eigenvalue weighted by Crippen LogP contribution is -2.46. The molecule has 0 bridgehead atoms. The van der Waals surface area contributed by atoms with Gasteiger partial charge in [0.25, 0.3) is 0 Å². The second kappa shape index (κ2) is 5.93. The number of ether oxygens (including phenoxy) is 1. The van der Waals surface area contributed by atoms with Crippen molar-refractivity contribution in [3.63, 3.8) is 0 Å². The van der Waals surface area contributed by atoms with Crippen molar-refractivity contribution in [1.29, 1.82) is 0 Å². The first-order chi connectivity index (χ1) is 9.76. The van der Waals surface area contributed by atoms with Gasteiger partial charge in [0, 0.05) is 12.6 Å². The minimum absolute atomic E-state index is 0.0717. The van der Waals surface area contributed by atoms with Crippen molar-refractivity contribution in [2.45, 2.75) is 51.3 Å². The van der Waals surface area contributed by atoms with Crippen LogP contribution in [0, 0.1) is 0 Å². The average Bonchev–Trinajstić information content (AvgIpc) is 2.37. The number of piperidine rings is 1. The van der Waals surface area contributed by atoms with Crippen LogP contribution in [0.4, 0.5) is 4.79 Å². The normalized spacial score (nSPS) is 23.0. The summed E-state index contributed by atoms with van der Waals surface area (Å²) in [5.74, 6) is 0.211. The molecule has 1 aromatic carbocycles. The number of nitrogens with two attached hydrogens (primary N) is 1. The highest BCUT2D eigenvalue weighted by Crippen LogP contribution is 2.32. The van der Waals surface area contributed by atoms with Crippen LogP contribution in [0.2, 0.25) is 0 Å². The molecule has 1 amide bonds. The SMILES string of the molecule is CC(C)(C)OC(=O)N1CCC(N)CC1c1ccc(O)cc1. The maximum atomic E-state index is 12.4. The van der Waals surface area contributed by atoms with Crippen LogP contribution in [-0.4, -0.2) is 34.3 Å². The van der Waals surface area contributed by atoms with E-state index in [9.17, 15) is 9.90 Å². The summed E-state index contributed by atoms with van der Waals surface area (Å²) in [5.41, 5.74) is 6.50. The van der Waals surface area contributed by atoms with Crippen molar-refractivity contribution in [2.75, 3.05) is 6.54 Å². The molecule has 3 N–H and O–H groups in total. The summed E-state index contributed by atoms with van der Waals surface area (Å²) in [6.45, 7) is 6.16. The molecule has 0 aromatic heterocycles. The monoisotopic (exact) mass is 292 g/mol. The number of likely N-dealkylation sites (tertiary alicyclic amines) is 1. The predicted octanol–water partition coefficient (Wildman–Crippen LogP) is 2.79. The van der Waals surface area contributed by atoms with E-state index < -0.39 is 5.60 Å². The third kappa shape index (κ3) is 4.11. The molecule has 1 heterocycles. The van der Waals surface area contributed by atoms with E-state index in [0.29, 0.717) is 13.0 Å². The van der Waals surface area contributed by atoms with Gasteiger partial charge in [-0.2, -0.15) is 0 Å². The number of amides is 1. The van der Waals surface area contributed by atoms with Gasteiger partial charge in [-0.05, 0) is 51.3 Å². The van der Waals surface area contributed by atoms with Gasteiger partial charge in [-0.15, -0.1) is 0 Å². The zero-order valence-corrected chi connectivity index (χ0v) is 12.9. The van der Waals surface area contributed by atoms with E-state index >= 15 is 0 Å². The predicted molar refractivity (Wildman–Crippen MR) is 81.0 cm³/mol. The van der Waals surface area contributed by atoms with E-state index in [2.05, 4.69) is 0 Å². The van der Waals surface area contributed by atoms with Gasteiger partial charge in [0.1, 0.15) is 11.4 Å². The molecule has 1 aromatic rings. The maximum absolute atomic E-state index is 12.4. The van der Waals surface area contributed by atoms with E-state index in [1.807, 2.05) is 32.9 Å². The van der Waals surface area contributed by atoms with E-state index in [0.717, 1.165) is 12.0 Å². The molecule has 21 heavy (non-hydrogen) atoms. The van der Waals surface area contributed by atoms with Crippen LogP contribution >= 0.6 is 0 Å². The van der Waals surface area contributed by atoms with E-state index in [1.54, 1.807) is 17.0 Å². The topological polar surface area (TPSA) is 75.8 Å². The van der Waals surface area contributed by atoms with Gasteiger partial charge in [0.15, 0.2) is 0 Å². The van der Waals surface area contributed by atoms with Crippen molar-refractivity contribution in [1.82, 2.24) is 4.90 Å². The molecule has 2 atom stereocenters. The molecule has 5 nitrogen and oxygen atoms in total. The molecule has 0 spiro atoms. The number of carbonyl (C=O) groups excluding carboxylic acids is 1. The van der Waals surface area contributed by atoms with Gasteiger partial charge in [-0.25, -0.2) is 4.79 Å². The highest BCUT2D eigenvalue weighted by atomic mass is 16.6. The smallest absolute Gasteiger partial charge is 0.410 e. The van der Waals surface area contributed by atoms with Crippen LogP contribution in [0.15, 0.2) is 24.3 Å². The number of carbonyl (C=O) groups is 1. The summed E-state index contributed by atoms with van der Waals surface area (Å²) in [5, 5.41) is 9.41. The molecule has 0 saturated carbocycles. The highest BCUT2D eigenvalue weighted by Gasteiger charge is 2.33. The third-order valence-corrected chi connectivity index (χ3v) is 3.55. The number of phenols is 1. The summed E-state index contributed by atoms with van der Waals surface area (Å²) < 4.78 is 5.48. The van der Waals surface area contributed by atoms with Gasteiger partial charge < -0.3 is 20.5 Å². The number of hydrogen-bond acceptors (Lipinski definition) is 4. The molecule has 2 rings (SSSR count). The first-order valence-corrected chi connectivity index (χ1v) is 7.30. The van der Waals surface area contributed by atoms with Crippen LogP contribution in [0.5, 0.6) is 5.75 Å². The molecule has 1 aliphatic heterocycles. The fourth-order valence-electron chi connectivity index (χ4n) is 2.54. The summed E-state index contributed by atoms with van der Waals surface area (Å²) in [6.07, 6.45) is 1.16. The van der Waals surface area contributed by atoms with Gasteiger partial charge in [-0.1, -0.05) is 12.1 Å². The Labute approximate surface area is 125 Å². The summed E-state index contributed by atoms with van der Waals surface area (Å²) in [7, 11) is 0. The number of hydrogen-bond donors (Lipinski definition) is 2. The number of benzene rings is 1. The number of rotatable bonds is 1. The molecular weight excluding hydrogens is 268 g/mol. The molecule has 1 saturated heterocycles. The fraction of sp³-hybridized carbons (Fsp3) is 0.562. The fourth-order valence-corrected chi connectivity index (χ4v) is 2.54. The van der Waals surface area contributed by atoms with Gasteiger partial charge in [0.05, 0.1) is 6.04 Å². The third-order valence-electron chi connectivity index (χ3n) is 3.55. The summed E-state index contributed by atoms with van der Waals surface area (Å²) >= 11 is 0. The Morgan fingerprint density at radius 3 is 2.52 bits per heavy atom. The lowest BCUT2D eigenvalue weighted by atomic mass is 9.92. The Morgan fingerprint density at radius 2 is 1.95 bits per heavy atom. The Bertz CT molecular complexity index is 493. The molecular formula is C16H24N2O3. The number of nitrogens with zero attached hydrogens (tertiary/aromatic N) is 1. The van der Waals surface area contributed by atoms with Crippen molar-refractivity contribution >= 4 is 6.09 Å². The molecule has 1 fully saturated rings. The van der Waals surface area contributed by atoms with Crippen molar-refractivity contribution in [3.05, 3.63) is 29.8 Å². The number of aromatic hydroxyl groups is 1. The molecule has 1 aliphatic rings. The summed E-state index contributed by atoms with van der Waals surface area (Å²) in [4.78, 5) is 14.1. The van der Waals surface area contributed by atoms with E-state index in [-0.39, 0.29) is 23.9 Å². The van der Waals surface area contributed by atoms with Crippen LogP contribution < -0.4 is 5.73 Å². The van der Waals surface area contributed by atoms with Crippen LogP contribution in [0.25, 0.3) is 0 Å². The molecule has 116 valence electrons. The lowest BCUT2D eigenvalue weighted by Gasteiger charge is -2.39. The van der Waals surface area contributed by atoms with Crippen molar-refractivity contribution < 1.29 is 14.6 Å². The maximum Gasteiger partial charge on any atom is 0.410 e. The minimum Gasteiger partial charge on any atom is -0.508 e. The zero-order chi connectivity index (χ0) is 15.6. The Balaban J connectivity index is 2.21. The van der Waals surface area contributed by atoms with Gasteiger partial charge in [-0.3, -0.25) is 0 Å². The Hall–Kier alpha value is -1.75. The first-order valence-electron chi connectivity index (χ1n) is 7.30. The second-order valence-corrected chi connectivity index (χ2v) is 6.57. The van der Waals surface area contributed by atoms with Crippen molar-refractivity contribution in [2.24, 2.45) is 5.73 Å². The standard InChI is InChI=1S/C16H24N2O3/c1-16(2,3)21-15(20)18-9-8-12(17)10-14(18)11-4-6-13(19)7-5-11/h4-7,12,14,19H,8-10,17H2,1-3H3. The quantitative estimate of drug-likeness (QED) is 0.834. The molecule has 0 radical (unpaired) electrons. The largest absolute Gasteiger partial charge is 0.508 e. The Morgan fingerprint density at radius 1 is 1.33 bits per heavy atom. The lowest BCUT2D eigenvalue weighted by molar-refractivity contribution is 0.00797. The zero-order valence-electron chi connectivity index (χ0n) is 12.9. The number of phenolic OH excluding ortho intramolecular Hbond substituents is 1. The highest BCUT2D eigenvalue weighted by molar-refractivity contribution is 5.69. The molecule has 2 unspecified atom stereocenters. The summed E-state index contributed by atoms with van der Waals surface area (Å²) in [6, 6.07) is 6.88. The second-order valence-electron chi connectivity index (χ2n) is 6.57. The van der Waals surface area contributed by atoms with Crippen molar-refractivity contribution in [3.8, 4) is 5.75 Å². The molecule has 5 heteroatoms. The van der Waals surface area contributed by atoms with E-state index in [1.165, 1.54) is 0 Å². The van der Waals surface area contributed by atoms with Gasteiger partial charge >= 0.3 is 6.09 Å². The van der Waals surface area contributed by atoms with Crippen LogP contribution in [-0.2, 0) is 4.74 Å². The minimum atomic E-state index is -0.518. The first kappa shape index (κ1) is 15.6. The average molecular weight is 292 g/mol.